The van der Waals surface area contributed by atoms with E-state index < -0.39 is 5.97 Å². The maximum absolute atomic E-state index is 10.7. The van der Waals surface area contributed by atoms with Gasteiger partial charge in [0.15, 0.2) is 0 Å². The van der Waals surface area contributed by atoms with Gasteiger partial charge in [-0.25, -0.2) is 4.79 Å². The van der Waals surface area contributed by atoms with Crippen LogP contribution in [0.15, 0.2) is 16.7 Å². The first kappa shape index (κ1) is 10.7. The lowest BCUT2D eigenvalue weighted by Crippen LogP contribution is -2.19. The minimum Gasteiger partial charge on any atom is -0.478 e. The fourth-order valence-electron chi connectivity index (χ4n) is 1.04. The molecule has 0 fully saturated rings. The summed E-state index contributed by atoms with van der Waals surface area (Å²) in [5, 5.41) is 11.7. The average molecular weight is 199 g/mol. The number of ether oxygens (including phenoxy) is 1. The van der Waals surface area contributed by atoms with Crippen molar-refractivity contribution in [3.63, 3.8) is 0 Å². The number of furan rings is 1. The first-order chi connectivity index (χ1) is 6.75. The number of carbonyl (C=O) groups is 1. The van der Waals surface area contributed by atoms with Crippen LogP contribution in [0.4, 0.5) is 0 Å². The van der Waals surface area contributed by atoms with Gasteiger partial charge in [0.25, 0.3) is 0 Å². The highest BCUT2D eigenvalue weighted by atomic mass is 16.5. The summed E-state index contributed by atoms with van der Waals surface area (Å²) in [7, 11) is 1.61. The molecule has 5 heteroatoms. The van der Waals surface area contributed by atoms with Crippen LogP contribution in [0.1, 0.15) is 16.1 Å². The summed E-state index contributed by atoms with van der Waals surface area (Å²) in [5.41, 5.74) is 0.204. The summed E-state index contributed by atoms with van der Waals surface area (Å²) in [6.07, 6.45) is 1.37. The third kappa shape index (κ3) is 2.86. The van der Waals surface area contributed by atoms with Gasteiger partial charge in [-0.2, -0.15) is 0 Å². The highest BCUT2D eigenvalue weighted by Gasteiger charge is 2.11. The molecule has 0 atom stereocenters. The normalized spacial score (nSPS) is 10.4. The number of hydrogen-bond acceptors (Lipinski definition) is 4. The van der Waals surface area contributed by atoms with Crippen molar-refractivity contribution in [3.8, 4) is 0 Å². The van der Waals surface area contributed by atoms with Crippen molar-refractivity contribution in [2.45, 2.75) is 6.54 Å². The fourth-order valence-corrected chi connectivity index (χ4v) is 1.04. The van der Waals surface area contributed by atoms with Crippen molar-refractivity contribution < 1.29 is 19.1 Å². The SMILES string of the molecule is COCCNCc1occc1C(=O)O. The van der Waals surface area contributed by atoms with Crippen LogP contribution in [-0.2, 0) is 11.3 Å². The molecule has 0 aliphatic heterocycles. The lowest BCUT2D eigenvalue weighted by atomic mass is 10.2. The number of carboxylic acid groups (broad SMARTS) is 1. The number of nitrogens with one attached hydrogen (secondary N) is 1. The predicted octanol–water partition coefficient (Wildman–Crippen LogP) is 0.714. The molecule has 1 aromatic rings. The Kier molecular flexibility index (Phi) is 4.15. The minimum atomic E-state index is -0.970. The van der Waals surface area contributed by atoms with Crippen LogP contribution in [0.25, 0.3) is 0 Å². The molecule has 14 heavy (non-hydrogen) atoms. The maximum atomic E-state index is 10.7. The minimum absolute atomic E-state index is 0.204. The molecule has 78 valence electrons. The van der Waals surface area contributed by atoms with E-state index in [4.69, 9.17) is 14.3 Å². The summed E-state index contributed by atoms with van der Waals surface area (Å²) in [6, 6.07) is 1.44. The molecule has 1 rings (SSSR count). The van der Waals surface area contributed by atoms with E-state index >= 15 is 0 Å². The third-order valence-electron chi connectivity index (χ3n) is 1.74. The molecule has 0 bridgehead atoms. The molecule has 0 unspecified atom stereocenters. The van der Waals surface area contributed by atoms with E-state index in [1.54, 1.807) is 7.11 Å². The van der Waals surface area contributed by atoms with E-state index in [0.717, 1.165) is 0 Å². The predicted molar refractivity (Wildman–Crippen MR) is 49.3 cm³/mol. The molecule has 0 saturated heterocycles. The lowest BCUT2D eigenvalue weighted by molar-refractivity contribution is 0.0694. The molecule has 0 aromatic carbocycles. The molecule has 0 aliphatic rings. The van der Waals surface area contributed by atoms with Gasteiger partial charge < -0.3 is 19.6 Å². The van der Waals surface area contributed by atoms with Crippen LogP contribution in [0.2, 0.25) is 0 Å². The smallest absolute Gasteiger partial charge is 0.339 e. The summed E-state index contributed by atoms with van der Waals surface area (Å²) >= 11 is 0. The molecule has 1 aromatic heterocycles. The van der Waals surface area contributed by atoms with E-state index in [0.29, 0.717) is 25.5 Å². The van der Waals surface area contributed by atoms with E-state index in [-0.39, 0.29) is 5.56 Å². The Labute approximate surface area is 81.7 Å². The molecular formula is C9H13NO4. The number of carboxylic acids is 1. The van der Waals surface area contributed by atoms with Gasteiger partial charge in [0, 0.05) is 13.7 Å². The second kappa shape index (κ2) is 5.41. The molecule has 1 heterocycles. The van der Waals surface area contributed by atoms with Crippen molar-refractivity contribution in [3.05, 3.63) is 23.7 Å². The number of methoxy groups -OCH3 is 1. The molecule has 0 amide bonds. The number of aromatic carboxylic acids is 1. The van der Waals surface area contributed by atoms with E-state index in [9.17, 15) is 4.79 Å². The molecule has 0 saturated carbocycles. The van der Waals surface area contributed by atoms with Crippen LogP contribution in [0.3, 0.4) is 0 Å². The van der Waals surface area contributed by atoms with Gasteiger partial charge in [0.05, 0.1) is 19.4 Å². The maximum Gasteiger partial charge on any atom is 0.339 e. The van der Waals surface area contributed by atoms with Crippen LogP contribution in [-0.4, -0.2) is 31.3 Å². The van der Waals surface area contributed by atoms with Gasteiger partial charge in [0.2, 0.25) is 0 Å². The fraction of sp³-hybridized carbons (Fsp3) is 0.444. The Balaban J connectivity index is 2.42. The zero-order valence-electron chi connectivity index (χ0n) is 7.95. The van der Waals surface area contributed by atoms with E-state index in [2.05, 4.69) is 5.32 Å². The Morgan fingerprint density at radius 3 is 3.14 bits per heavy atom. The van der Waals surface area contributed by atoms with Crippen LogP contribution in [0.5, 0.6) is 0 Å². The quantitative estimate of drug-likeness (QED) is 0.660. The first-order valence-electron chi connectivity index (χ1n) is 4.25. The Morgan fingerprint density at radius 2 is 2.50 bits per heavy atom. The highest BCUT2D eigenvalue weighted by Crippen LogP contribution is 2.09. The monoisotopic (exact) mass is 199 g/mol. The zero-order valence-corrected chi connectivity index (χ0v) is 7.95. The second-order valence-corrected chi connectivity index (χ2v) is 2.73. The zero-order chi connectivity index (χ0) is 10.4. The van der Waals surface area contributed by atoms with E-state index in [1.165, 1.54) is 12.3 Å². The summed E-state index contributed by atoms with van der Waals surface area (Å²) in [5.74, 6) is -0.532. The summed E-state index contributed by atoms with van der Waals surface area (Å²) < 4.78 is 9.85. The van der Waals surface area contributed by atoms with Gasteiger partial charge >= 0.3 is 5.97 Å². The number of rotatable bonds is 6. The van der Waals surface area contributed by atoms with Gasteiger partial charge in [-0.15, -0.1) is 0 Å². The summed E-state index contributed by atoms with van der Waals surface area (Å²) in [6.45, 7) is 1.65. The first-order valence-corrected chi connectivity index (χ1v) is 4.25. The summed E-state index contributed by atoms with van der Waals surface area (Å²) in [4.78, 5) is 10.7. The van der Waals surface area contributed by atoms with Crippen LogP contribution < -0.4 is 5.32 Å². The highest BCUT2D eigenvalue weighted by molar-refractivity contribution is 5.88. The van der Waals surface area contributed by atoms with E-state index in [1.807, 2.05) is 0 Å². The molecule has 2 N–H and O–H groups in total. The van der Waals surface area contributed by atoms with Crippen molar-refractivity contribution in [2.75, 3.05) is 20.3 Å². The molecule has 0 aliphatic carbocycles. The van der Waals surface area contributed by atoms with Gasteiger partial charge in [-0.3, -0.25) is 0 Å². The van der Waals surface area contributed by atoms with Gasteiger partial charge in [-0.1, -0.05) is 0 Å². The molecule has 0 radical (unpaired) electrons. The third-order valence-corrected chi connectivity index (χ3v) is 1.74. The Bertz CT molecular complexity index is 295. The average Bonchev–Trinajstić information content (AvgIpc) is 2.60. The van der Waals surface area contributed by atoms with Gasteiger partial charge in [0.1, 0.15) is 11.3 Å². The van der Waals surface area contributed by atoms with Crippen LogP contribution >= 0.6 is 0 Å². The van der Waals surface area contributed by atoms with Crippen molar-refractivity contribution in [2.24, 2.45) is 0 Å². The number of hydrogen-bond donors (Lipinski definition) is 2. The second-order valence-electron chi connectivity index (χ2n) is 2.73. The topological polar surface area (TPSA) is 71.7 Å². The molecule has 5 nitrogen and oxygen atoms in total. The lowest BCUT2D eigenvalue weighted by Gasteiger charge is -2.01. The van der Waals surface area contributed by atoms with Crippen molar-refractivity contribution in [1.82, 2.24) is 5.32 Å². The Morgan fingerprint density at radius 1 is 1.71 bits per heavy atom. The largest absolute Gasteiger partial charge is 0.478 e. The van der Waals surface area contributed by atoms with Gasteiger partial charge in [-0.05, 0) is 6.07 Å². The van der Waals surface area contributed by atoms with Crippen LogP contribution in [0, 0.1) is 0 Å². The van der Waals surface area contributed by atoms with Crippen molar-refractivity contribution in [1.29, 1.82) is 0 Å². The molecular weight excluding hydrogens is 186 g/mol. The van der Waals surface area contributed by atoms with Crippen molar-refractivity contribution >= 4 is 5.97 Å². The Hall–Kier alpha value is -1.33. The molecule has 0 spiro atoms. The standard InChI is InChI=1S/C9H13NO4/c1-13-5-3-10-6-8-7(9(11)12)2-4-14-8/h2,4,10H,3,5-6H2,1H3,(H,11,12).